The molecule has 9 heteroatoms. The third-order valence-corrected chi connectivity index (χ3v) is 4.82. The van der Waals surface area contributed by atoms with E-state index in [-0.39, 0.29) is 5.91 Å². The van der Waals surface area contributed by atoms with E-state index in [9.17, 15) is 9.59 Å². The summed E-state index contributed by atoms with van der Waals surface area (Å²) < 4.78 is 1.56. The third kappa shape index (κ3) is 5.11. The van der Waals surface area contributed by atoms with Crippen LogP contribution in [0.4, 0.5) is 22.0 Å². The number of aromatic nitrogens is 3. The van der Waals surface area contributed by atoms with E-state index in [0.717, 1.165) is 5.56 Å². The van der Waals surface area contributed by atoms with Gasteiger partial charge in [-0.05, 0) is 48.9 Å². The average molecular weight is 447 g/mol. The van der Waals surface area contributed by atoms with Crippen molar-refractivity contribution in [3.05, 3.63) is 95.4 Å². The molecule has 2 aromatic carbocycles. The number of aryl methyl sites for hydroxylation is 1. The number of carbonyl (C=O) groups excluding carboxylic acids is 2. The number of para-hydroxylation sites is 1. The molecule has 2 aromatic heterocycles. The van der Waals surface area contributed by atoms with Gasteiger partial charge in [-0.15, -0.1) is 0 Å². The number of nitrogens with zero attached hydrogens (tertiary/aromatic N) is 3. The van der Waals surface area contributed by atoms with Gasteiger partial charge in [-0.2, -0.15) is 5.10 Å². The number of hydrogen-bond donors (Lipinski definition) is 3. The molecule has 0 saturated heterocycles. The molecule has 8 nitrogen and oxygen atoms in total. The van der Waals surface area contributed by atoms with Crippen molar-refractivity contribution in [2.75, 3.05) is 16.0 Å². The van der Waals surface area contributed by atoms with Gasteiger partial charge in [0.1, 0.15) is 5.82 Å². The number of pyridine rings is 1. The normalized spacial score (nSPS) is 10.4. The number of halogens is 1. The Balaban J connectivity index is 1.43. The maximum Gasteiger partial charge on any atom is 0.323 e. The van der Waals surface area contributed by atoms with Gasteiger partial charge in [-0.1, -0.05) is 35.9 Å². The molecule has 0 aliphatic carbocycles. The Hall–Kier alpha value is -4.17. The highest BCUT2D eigenvalue weighted by molar-refractivity contribution is 6.33. The summed E-state index contributed by atoms with van der Waals surface area (Å²) in [4.78, 5) is 29.0. The van der Waals surface area contributed by atoms with Crippen LogP contribution in [-0.4, -0.2) is 26.7 Å². The highest BCUT2D eigenvalue weighted by Crippen LogP contribution is 2.21. The van der Waals surface area contributed by atoms with Crippen molar-refractivity contribution in [2.24, 2.45) is 0 Å². The van der Waals surface area contributed by atoms with E-state index in [0.29, 0.717) is 33.5 Å². The zero-order valence-corrected chi connectivity index (χ0v) is 17.8. The topological polar surface area (TPSA) is 101 Å². The largest absolute Gasteiger partial charge is 0.323 e. The van der Waals surface area contributed by atoms with Crippen molar-refractivity contribution in [1.82, 2.24) is 14.8 Å². The summed E-state index contributed by atoms with van der Waals surface area (Å²) in [6.07, 6.45) is 4.84. The summed E-state index contributed by atoms with van der Waals surface area (Å²) >= 11 is 6.06. The zero-order valence-electron chi connectivity index (χ0n) is 17.0. The minimum atomic E-state index is -0.448. The van der Waals surface area contributed by atoms with Crippen molar-refractivity contribution in [3.63, 3.8) is 0 Å². The minimum absolute atomic E-state index is 0.284. The highest BCUT2D eigenvalue weighted by Gasteiger charge is 2.11. The van der Waals surface area contributed by atoms with Crippen molar-refractivity contribution < 1.29 is 9.59 Å². The fourth-order valence-electron chi connectivity index (χ4n) is 2.90. The Labute approximate surface area is 189 Å². The van der Waals surface area contributed by atoms with Crippen LogP contribution in [0.3, 0.4) is 0 Å². The number of benzene rings is 2. The quantitative estimate of drug-likeness (QED) is 0.395. The van der Waals surface area contributed by atoms with Crippen LogP contribution in [0.15, 0.2) is 79.3 Å². The first kappa shape index (κ1) is 21.1. The van der Waals surface area contributed by atoms with Gasteiger partial charge >= 0.3 is 6.03 Å². The lowest BCUT2D eigenvalue weighted by atomic mass is 10.2. The third-order valence-electron chi connectivity index (χ3n) is 4.49. The molecule has 0 spiro atoms. The number of hydrogen-bond acceptors (Lipinski definition) is 4. The van der Waals surface area contributed by atoms with E-state index in [1.54, 1.807) is 65.6 Å². The van der Waals surface area contributed by atoms with Crippen molar-refractivity contribution in [3.8, 4) is 5.69 Å². The Morgan fingerprint density at radius 3 is 2.56 bits per heavy atom. The first-order valence-electron chi connectivity index (χ1n) is 9.69. The van der Waals surface area contributed by atoms with Gasteiger partial charge in [0, 0.05) is 11.8 Å². The smallest absolute Gasteiger partial charge is 0.307 e. The van der Waals surface area contributed by atoms with E-state index >= 15 is 0 Å². The Morgan fingerprint density at radius 2 is 1.78 bits per heavy atom. The maximum absolute atomic E-state index is 12.6. The van der Waals surface area contributed by atoms with Crippen LogP contribution in [0.5, 0.6) is 0 Å². The van der Waals surface area contributed by atoms with E-state index in [4.69, 9.17) is 11.6 Å². The molecule has 4 rings (SSSR count). The molecule has 160 valence electrons. The highest BCUT2D eigenvalue weighted by atomic mass is 35.5. The van der Waals surface area contributed by atoms with Crippen LogP contribution in [0.25, 0.3) is 5.69 Å². The molecular weight excluding hydrogens is 428 g/mol. The van der Waals surface area contributed by atoms with Gasteiger partial charge in [-0.3, -0.25) is 4.79 Å². The van der Waals surface area contributed by atoms with Crippen molar-refractivity contribution >= 4 is 40.7 Å². The standard InChI is InChI=1S/C23H19ClN6O2/c1-15-9-10-21(25-12-15)29-22(31)16-5-4-6-18(11-16)30-14-17(13-26-30)27-23(32)28-20-8-3-2-7-19(20)24/h2-14H,1H3,(H,25,29,31)(H2,27,28,32). The number of carbonyl (C=O) groups is 2. The summed E-state index contributed by atoms with van der Waals surface area (Å²) in [6, 6.07) is 17.1. The van der Waals surface area contributed by atoms with Crippen molar-refractivity contribution in [1.29, 1.82) is 0 Å². The molecule has 32 heavy (non-hydrogen) atoms. The predicted molar refractivity (Wildman–Crippen MR) is 125 cm³/mol. The van der Waals surface area contributed by atoms with Crippen LogP contribution in [-0.2, 0) is 0 Å². The van der Waals surface area contributed by atoms with Crippen molar-refractivity contribution in [2.45, 2.75) is 6.92 Å². The van der Waals surface area contributed by atoms with Crippen LogP contribution in [0.1, 0.15) is 15.9 Å². The molecule has 3 amide bonds. The zero-order chi connectivity index (χ0) is 22.5. The predicted octanol–water partition coefficient (Wildman–Crippen LogP) is 5.13. The molecule has 2 heterocycles. The molecule has 3 N–H and O–H groups in total. The maximum atomic E-state index is 12.6. The number of anilines is 3. The van der Waals surface area contributed by atoms with Gasteiger partial charge in [0.05, 0.1) is 34.5 Å². The lowest BCUT2D eigenvalue weighted by Gasteiger charge is -2.08. The monoisotopic (exact) mass is 446 g/mol. The number of urea groups is 1. The SMILES string of the molecule is Cc1ccc(NC(=O)c2cccc(-n3cc(NC(=O)Nc4ccccc4Cl)cn3)c2)nc1. The lowest BCUT2D eigenvalue weighted by molar-refractivity contribution is 0.102. The molecule has 0 saturated carbocycles. The lowest BCUT2D eigenvalue weighted by Crippen LogP contribution is -2.19. The fourth-order valence-corrected chi connectivity index (χ4v) is 3.08. The van der Waals surface area contributed by atoms with E-state index in [1.165, 1.54) is 6.20 Å². The summed E-state index contributed by atoms with van der Waals surface area (Å²) in [5.41, 5.74) is 3.10. The van der Waals surface area contributed by atoms with Crippen LogP contribution >= 0.6 is 11.6 Å². The molecule has 0 atom stereocenters. The number of nitrogens with one attached hydrogen (secondary N) is 3. The first-order valence-corrected chi connectivity index (χ1v) is 10.1. The molecule has 4 aromatic rings. The fraction of sp³-hybridized carbons (Fsp3) is 0.0435. The number of amides is 3. The molecule has 0 bridgehead atoms. The summed E-state index contributed by atoms with van der Waals surface area (Å²) in [5, 5.41) is 12.9. The van der Waals surface area contributed by atoms with Crippen LogP contribution < -0.4 is 16.0 Å². The summed E-state index contributed by atoms with van der Waals surface area (Å²) in [7, 11) is 0. The second kappa shape index (κ2) is 9.32. The summed E-state index contributed by atoms with van der Waals surface area (Å²) in [6.45, 7) is 1.93. The second-order valence-electron chi connectivity index (χ2n) is 6.96. The van der Waals surface area contributed by atoms with E-state index in [1.807, 2.05) is 19.1 Å². The molecule has 0 radical (unpaired) electrons. The molecule has 0 fully saturated rings. The van der Waals surface area contributed by atoms with Gasteiger partial charge in [-0.25, -0.2) is 14.5 Å². The Bertz CT molecular complexity index is 1270. The minimum Gasteiger partial charge on any atom is -0.307 e. The van der Waals surface area contributed by atoms with Gasteiger partial charge in [0.15, 0.2) is 0 Å². The Kier molecular flexibility index (Phi) is 6.14. The molecular formula is C23H19ClN6O2. The molecule has 0 aliphatic rings. The average Bonchev–Trinajstić information content (AvgIpc) is 3.25. The Morgan fingerprint density at radius 1 is 0.938 bits per heavy atom. The molecule has 0 aliphatic heterocycles. The van der Waals surface area contributed by atoms with E-state index in [2.05, 4.69) is 26.0 Å². The van der Waals surface area contributed by atoms with Crippen LogP contribution in [0, 0.1) is 6.92 Å². The van der Waals surface area contributed by atoms with Gasteiger partial charge < -0.3 is 16.0 Å². The summed E-state index contributed by atoms with van der Waals surface area (Å²) in [5.74, 6) is 0.189. The van der Waals surface area contributed by atoms with Gasteiger partial charge in [0.2, 0.25) is 0 Å². The first-order chi connectivity index (χ1) is 15.5. The molecule has 0 unspecified atom stereocenters. The van der Waals surface area contributed by atoms with Gasteiger partial charge in [0.25, 0.3) is 5.91 Å². The number of rotatable bonds is 5. The second-order valence-corrected chi connectivity index (χ2v) is 7.36. The van der Waals surface area contributed by atoms with E-state index < -0.39 is 6.03 Å². The van der Waals surface area contributed by atoms with Crippen LogP contribution in [0.2, 0.25) is 5.02 Å².